The van der Waals surface area contributed by atoms with Crippen LogP contribution < -0.4 is 5.73 Å². The van der Waals surface area contributed by atoms with Crippen LogP contribution in [0.1, 0.15) is 12.0 Å². The number of aromatic nitrogens is 5. The number of nitrogens with zero attached hydrogens (tertiary/aromatic N) is 5. The Bertz CT molecular complexity index is 765. The Morgan fingerprint density at radius 3 is 2.50 bits per heavy atom. The number of hydrogen-bond acceptors (Lipinski definition) is 5. The van der Waals surface area contributed by atoms with E-state index in [0.29, 0.717) is 11.5 Å². The molecule has 0 bridgehead atoms. The second-order valence-electron chi connectivity index (χ2n) is 4.24. The molecule has 0 atom stereocenters. The van der Waals surface area contributed by atoms with Crippen LogP contribution in [0.25, 0.3) is 22.7 Å². The quantitative estimate of drug-likeness (QED) is 0.773. The average Bonchev–Trinajstić information content (AvgIpc) is 2.81. The van der Waals surface area contributed by atoms with Crippen LogP contribution in [0.4, 0.5) is 14.6 Å². The van der Waals surface area contributed by atoms with Gasteiger partial charge < -0.3 is 10.3 Å². The molecule has 3 aromatic rings. The van der Waals surface area contributed by atoms with Gasteiger partial charge in [-0.25, -0.2) is 28.7 Å². The highest BCUT2D eigenvalue weighted by Gasteiger charge is 2.13. The van der Waals surface area contributed by atoms with Crippen molar-refractivity contribution in [3.05, 3.63) is 30.2 Å². The molecule has 0 saturated carbocycles. The molecule has 0 aliphatic heterocycles. The van der Waals surface area contributed by atoms with Gasteiger partial charge in [0.15, 0.2) is 5.82 Å². The third-order valence-electron chi connectivity index (χ3n) is 2.88. The maximum Gasteiger partial charge on any atom is 0.266 e. The number of hydrogen-bond donors (Lipinski definition) is 1. The van der Waals surface area contributed by atoms with Crippen molar-refractivity contribution >= 4 is 16.9 Å². The number of nitrogen functional groups attached to an aromatic ring is 1. The van der Waals surface area contributed by atoms with Gasteiger partial charge in [-0.2, -0.15) is 0 Å². The third kappa shape index (κ3) is 1.94. The molecule has 3 heterocycles. The molecular weight excluding hydrogens is 266 g/mol. The highest BCUT2D eigenvalue weighted by atomic mass is 19.3. The smallest absolute Gasteiger partial charge is 0.266 e. The molecule has 3 aromatic heterocycles. The van der Waals surface area contributed by atoms with E-state index in [-0.39, 0.29) is 17.2 Å². The molecule has 0 spiro atoms. The van der Waals surface area contributed by atoms with E-state index < -0.39 is 6.43 Å². The lowest BCUT2D eigenvalue weighted by atomic mass is 10.3. The molecule has 3 rings (SSSR count). The monoisotopic (exact) mass is 276 g/mol. The van der Waals surface area contributed by atoms with Crippen molar-refractivity contribution in [3.8, 4) is 11.6 Å². The van der Waals surface area contributed by atoms with E-state index in [1.807, 2.05) is 7.05 Å². The van der Waals surface area contributed by atoms with Crippen LogP contribution in [0.3, 0.4) is 0 Å². The van der Waals surface area contributed by atoms with E-state index in [2.05, 4.69) is 19.9 Å². The standard InChI is InChI=1S/C12H10F2N6/c1-20-3-2-7-9(15)18-11(19-12(7)20)10-16-4-6(5-17-10)8(13)14/h2-5,8H,1H3,(H2,15,18,19). The number of rotatable bonds is 2. The van der Waals surface area contributed by atoms with Crippen LogP contribution in [-0.4, -0.2) is 24.5 Å². The van der Waals surface area contributed by atoms with Crippen molar-refractivity contribution in [2.75, 3.05) is 5.73 Å². The first-order valence-electron chi connectivity index (χ1n) is 5.75. The van der Waals surface area contributed by atoms with Gasteiger partial charge in [-0.1, -0.05) is 0 Å². The van der Waals surface area contributed by atoms with E-state index in [1.54, 1.807) is 16.8 Å². The van der Waals surface area contributed by atoms with Gasteiger partial charge in [0.05, 0.1) is 10.9 Å². The zero-order chi connectivity index (χ0) is 14.3. The molecule has 0 saturated heterocycles. The topological polar surface area (TPSA) is 82.5 Å². The van der Waals surface area contributed by atoms with E-state index in [1.165, 1.54) is 0 Å². The van der Waals surface area contributed by atoms with Crippen molar-refractivity contribution in [2.24, 2.45) is 7.05 Å². The molecule has 6 nitrogen and oxygen atoms in total. The minimum Gasteiger partial charge on any atom is -0.383 e. The first-order valence-corrected chi connectivity index (χ1v) is 5.75. The Labute approximate surface area is 112 Å². The lowest BCUT2D eigenvalue weighted by Gasteiger charge is -2.04. The summed E-state index contributed by atoms with van der Waals surface area (Å²) in [6.07, 6.45) is 1.31. The first-order chi connectivity index (χ1) is 9.56. The predicted octanol–water partition coefficient (Wildman–Crippen LogP) is 1.95. The molecule has 0 radical (unpaired) electrons. The summed E-state index contributed by atoms with van der Waals surface area (Å²) < 4.78 is 26.7. The minimum atomic E-state index is -2.61. The molecule has 0 aromatic carbocycles. The SMILES string of the molecule is Cn1ccc2c(N)nc(-c3ncc(C(F)F)cn3)nc21. The number of anilines is 1. The van der Waals surface area contributed by atoms with Gasteiger partial charge in [-0.15, -0.1) is 0 Å². The van der Waals surface area contributed by atoms with Crippen molar-refractivity contribution < 1.29 is 8.78 Å². The summed E-state index contributed by atoms with van der Waals surface area (Å²) in [6.45, 7) is 0. The van der Waals surface area contributed by atoms with Gasteiger partial charge >= 0.3 is 0 Å². The molecule has 8 heteroatoms. The van der Waals surface area contributed by atoms with Crippen molar-refractivity contribution in [3.63, 3.8) is 0 Å². The number of halogens is 2. The lowest BCUT2D eigenvalue weighted by molar-refractivity contribution is 0.150. The summed E-state index contributed by atoms with van der Waals surface area (Å²) in [7, 11) is 1.82. The maximum absolute atomic E-state index is 12.5. The molecule has 0 fully saturated rings. The molecule has 0 aliphatic carbocycles. The summed E-state index contributed by atoms with van der Waals surface area (Å²) in [4.78, 5) is 16.1. The second-order valence-corrected chi connectivity index (χ2v) is 4.24. The fourth-order valence-corrected chi connectivity index (χ4v) is 1.83. The Morgan fingerprint density at radius 2 is 1.85 bits per heavy atom. The summed E-state index contributed by atoms with van der Waals surface area (Å²) in [5.41, 5.74) is 6.23. The van der Waals surface area contributed by atoms with Crippen LogP contribution in [0.15, 0.2) is 24.7 Å². The van der Waals surface area contributed by atoms with Crippen LogP contribution in [0.5, 0.6) is 0 Å². The Kier molecular flexibility index (Phi) is 2.78. The summed E-state index contributed by atoms with van der Waals surface area (Å²) >= 11 is 0. The van der Waals surface area contributed by atoms with Crippen LogP contribution >= 0.6 is 0 Å². The highest BCUT2D eigenvalue weighted by molar-refractivity contribution is 5.87. The number of fused-ring (bicyclic) bond motifs is 1. The minimum absolute atomic E-state index is 0.157. The van der Waals surface area contributed by atoms with Gasteiger partial charge in [-0.3, -0.25) is 0 Å². The lowest BCUT2D eigenvalue weighted by Crippen LogP contribution is -2.02. The molecule has 0 amide bonds. The molecule has 0 unspecified atom stereocenters. The molecule has 0 aliphatic rings. The van der Waals surface area contributed by atoms with Gasteiger partial charge in [-0.05, 0) is 6.07 Å². The fourth-order valence-electron chi connectivity index (χ4n) is 1.83. The third-order valence-corrected chi connectivity index (χ3v) is 2.88. The number of nitrogens with two attached hydrogens (primary N) is 1. The molecule has 102 valence electrons. The van der Waals surface area contributed by atoms with Crippen LogP contribution in [0, 0.1) is 0 Å². The molecule has 20 heavy (non-hydrogen) atoms. The molecule has 2 N–H and O–H groups in total. The van der Waals surface area contributed by atoms with E-state index in [0.717, 1.165) is 17.8 Å². The number of alkyl halides is 2. The zero-order valence-electron chi connectivity index (χ0n) is 10.5. The van der Waals surface area contributed by atoms with Crippen LogP contribution in [-0.2, 0) is 7.05 Å². The number of aryl methyl sites for hydroxylation is 1. The second kappa shape index (κ2) is 4.48. The predicted molar refractivity (Wildman–Crippen MR) is 68.9 cm³/mol. The van der Waals surface area contributed by atoms with Crippen molar-refractivity contribution in [2.45, 2.75) is 6.43 Å². The largest absolute Gasteiger partial charge is 0.383 e. The summed E-state index contributed by atoms with van der Waals surface area (Å²) in [6, 6.07) is 1.80. The maximum atomic E-state index is 12.5. The van der Waals surface area contributed by atoms with Crippen molar-refractivity contribution in [1.82, 2.24) is 24.5 Å². The van der Waals surface area contributed by atoms with Gasteiger partial charge in [0.1, 0.15) is 11.5 Å². The Hall–Kier alpha value is -2.64. The highest BCUT2D eigenvalue weighted by Crippen LogP contribution is 2.22. The van der Waals surface area contributed by atoms with Gasteiger partial charge in [0, 0.05) is 25.6 Å². The van der Waals surface area contributed by atoms with E-state index >= 15 is 0 Å². The molecular formula is C12H10F2N6. The van der Waals surface area contributed by atoms with Gasteiger partial charge in [0.2, 0.25) is 5.82 Å². The van der Waals surface area contributed by atoms with E-state index in [4.69, 9.17) is 5.73 Å². The van der Waals surface area contributed by atoms with Crippen LogP contribution in [0.2, 0.25) is 0 Å². The van der Waals surface area contributed by atoms with E-state index in [9.17, 15) is 8.78 Å². The fraction of sp³-hybridized carbons (Fsp3) is 0.167. The zero-order valence-corrected chi connectivity index (χ0v) is 10.5. The first kappa shape index (κ1) is 12.4. The summed E-state index contributed by atoms with van der Waals surface area (Å²) in [5, 5.41) is 0.723. The van der Waals surface area contributed by atoms with Gasteiger partial charge in [0.25, 0.3) is 6.43 Å². The summed E-state index contributed by atoms with van der Waals surface area (Å²) in [5.74, 6) is 0.661. The average molecular weight is 276 g/mol. The normalized spacial score (nSPS) is 11.4. The Balaban J connectivity index is 2.11. The van der Waals surface area contributed by atoms with Crippen molar-refractivity contribution in [1.29, 1.82) is 0 Å². The Morgan fingerprint density at radius 1 is 1.15 bits per heavy atom.